The maximum atomic E-state index is 12.0. The maximum absolute atomic E-state index is 12.0. The molecule has 1 heterocycles. The molecule has 0 N–H and O–H groups in total. The lowest BCUT2D eigenvalue weighted by atomic mass is 9.97. The van der Waals surface area contributed by atoms with Gasteiger partial charge in [0.25, 0.3) is 0 Å². The molecule has 0 radical (unpaired) electrons. The van der Waals surface area contributed by atoms with Crippen LogP contribution in [0.4, 0.5) is 0 Å². The van der Waals surface area contributed by atoms with Gasteiger partial charge in [0, 0.05) is 6.54 Å². The molecule has 3 heteroatoms. The molecule has 0 unspecified atom stereocenters. The van der Waals surface area contributed by atoms with Crippen molar-refractivity contribution in [1.82, 2.24) is 4.90 Å². The molecular weight excluding hydrogens is 286 g/mol. The van der Waals surface area contributed by atoms with E-state index in [0.717, 1.165) is 32.5 Å². The number of hydrogen-bond acceptors (Lipinski definition) is 3. The Balaban J connectivity index is 1.40. The van der Waals surface area contributed by atoms with Gasteiger partial charge in [0.2, 0.25) is 0 Å². The van der Waals surface area contributed by atoms with Crippen molar-refractivity contribution >= 4 is 5.97 Å². The molecule has 120 valence electrons. The van der Waals surface area contributed by atoms with Gasteiger partial charge in [0.1, 0.15) is 0 Å². The summed E-state index contributed by atoms with van der Waals surface area (Å²) in [7, 11) is 0. The highest BCUT2D eigenvalue weighted by Crippen LogP contribution is 2.19. The third-order valence-corrected chi connectivity index (χ3v) is 4.42. The van der Waals surface area contributed by atoms with E-state index in [-0.39, 0.29) is 5.97 Å². The Kier molecular flexibility index (Phi) is 5.43. The Morgan fingerprint density at radius 1 is 0.957 bits per heavy atom. The summed E-state index contributed by atoms with van der Waals surface area (Å²) < 4.78 is 5.46. The molecule has 0 amide bonds. The predicted molar refractivity (Wildman–Crippen MR) is 91.2 cm³/mol. The Bertz CT molecular complexity index is 604. The van der Waals surface area contributed by atoms with Gasteiger partial charge in [-0.25, -0.2) is 4.79 Å². The number of nitrogens with zero attached hydrogens (tertiary/aromatic N) is 1. The quantitative estimate of drug-likeness (QED) is 0.788. The Labute approximate surface area is 137 Å². The number of ether oxygens (including phenoxy) is 1. The highest BCUT2D eigenvalue weighted by atomic mass is 16.5. The highest BCUT2D eigenvalue weighted by molar-refractivity contribution is 5.89. The van der Waals surface area contributed by atoms with Gasteiger partial charge >= 0.3 is 5.97 Å². The van der Waals surface area contributed by atoms with Crippen molar-refractivity contribution in [3.63, 3.8) is 0 Å². The van der Waals surface area contributed by atoms with Crippen molar-refractivity contribution in [2.24, 2.45) is 5.92 Å². The van der Waals surface area contributed by atoms with Crippen molar-refractivity contribution in [3.05, 3.63) is 71.8 Å². The van der Waals surface area contributed by atoms with Crippen LogP contribution in [0, 0.1) is 5.92 Å². The molecule has 0 spiro atoms. The van der Waals surface area contributed by atoms with Crippen LogP contribution in [-0.2, 0) is 11.3 Å². The van der Waals surface area contributed by atoms with E-state index in [1.165, 1.54) is 5.56 Å². The minimum Gasteiger partial charge on any atom is -0.462 e. The molecule has 0 aliphatic carbocycles. The molecule has 1 fully saturated rings. The first-order valence-corrected chi connectivity index (χ1v) is 8.30. The van der Waals surface area contributed by atoms with E-state index in [0.29, 0.717) is 18.1 Å². The van der Waals surface area contributed by atoms with Gasteiger partial charge in [-0.1, -0.05) is 48.5 Å². The van der Waals surface area contributed by atoms with Crippen molar-refractivity contribution in [2.75, 3.05) is 19.7 Å². The van der Waals surface area contributed by atoms with Gasteiger partial charge < -0.3 is 4.74 Å². The monoisotopic (exact) mass is 309 g/mol. The van der Waals surface area contributed by atoms with Gasteiger partial charge in [-0.05, 0) is 49.5 Å². The van der Waals surface area contributed by atoms with Crippen LogP contribution in [0.15, 0.2) is 60.7 Å². The summed E-state index contributed by atoms with van der Waals surface area (Å²) in [5.74, 6) is 0.270. The number of likely N-dealkylation sites (tertiary alicyclic amines) is 1. The second-order valence-corrected chi connectivity index (χ2v) is 6.17. The second-order valence-electron chi connectivity index (χ2n) is 6.17. The summed E-state index contributed by atoms with van der Waals surface area (Å²) in [5.41, 5.74) is 2.00. The minimum absolute atomic E-state index is 0.211. The number of esters is 1. The number of hydrogen-bond donors (Lipinski definition) is 0. The molecule has 2 aromatic rings. The Morgan fingerprint density at radius 2 is 1.57 bits per heavy atom. The molecule has 3 nitrogen and oxygen atoms in total. The lowest BCUT2D eigenvalue weighted by Gasteiger charge is -2.31. The SMILES string of the molecule is O=C(OCC1CCN(Cc2ccccc2)CC1)c1ccccc1. The summed E-state index contributed by atoms with van der Waals surface area (Å²) in [6.45, 7) is 3.69. The number of carbonyl (C=O) groups is 1. The molecule has 0 bridgehead atoms. The van der Waals surface area contributed by atoms with Crippen LogP contribution >= 0.6 is 0 Å². The van der Waals surface area contributed by atoms with Crippen LogP contribution in [0.3, 0.4) is 0 Å². The summed E-state index contributed by atoms with van der Waals surface area (Å²) in [5, 5.41) is 0. The van der Waals surface area contributed by atoms with E-state index >= 15 is 0 Å². The molecule has 1 saturated heterocycles. The first-order chi connectivity index (χ1) is 11.3. The first kappa shape index (κ1) is 15.8. The summed E-state index contributed by atoms with van der Waals surface area (Å²) in [6.07, 6.45) is 2.18. The second kappa shape index (κ2) is 7.93. The molecule has 1 aliphatic rings. The largest absolute Gasteiger partial charge is 0.462 e. The summed E-state index contributed by atoms with van der Waals surface area (Å²) in [4.78, 5) is 14.4. The smallest absolute Gasteiger partial charge is 0.338 e. The molecule has 3 rings (SSSR count). The molecule has 0 aromatic heterocycles. The standard InChI is InChI=1S/C20H23NO2/c22-20(19-9-5-2-6-10-19)23-16-18-11-13-21(14-12-18)15-17-7-3-1-4-8-17/h1-10,18H,11-16H2. The van der Waals surface area contributed by atoms with Gasteiger partial charge in [0.15, 0.2) is 0 Å². The maximum Gasteiger partial charge on any atom is 0.338 e. The zero-order valence-corrected chi connectivity index (χ0v) is 13.4. The van der Waals surface area contributed by atoms with Gasteiger partial charge in [-0.3, -0.25) is 4.90 Å². The molecule has 0 saturated carbocycles. The fraction of sp³-hybridized carbons (Fsp3) is 0.350. The van der Waals surface area contributed by atoms with Crippen molar-refractivity contribution in [1.29, 1.82) is 0 Å². The zero-order valence-electron chi connectivity index (χ0n) is 13.4. The van der Waals surface area contributed by atoms with E-state index in [1.807, 2.05) is 18.2 Å². The highest BCUT2D eigenvalue weighted by Gasteiger charge is 2.20. The van der Waals surface area contributed by atoms with Crippen LogP contribution in [-0.4, -0.2) is 30.6 Å². The minimum atomic E-state index is -0.211. The van der Waals surface area contributed by atoms with Crippen molar-refractivity contribution < 1.29 is 9.53 Å². The fourth-order valence-electron chi connectivity index (χ4n) is 3.00. The number of rotatable bonds is 5. The Morgan fingerprint density at radius 3 is 2.22 bits per heavy atom. The van der Waals surface area contributed by atoms with E-state index in [9.17, 15) is 4.79 Å². The van der Waals surface area contributed by atoms with E-state index in [1.54, 1.807) is 12.1 Å². The zero-order chi connectivity index (χ0) is 15.9. The van der Waals surface area contributed by atoms with Crippen molar-refractivity contribution in [3.8, 4) is 0 Å². The number of piperidine rings is 1. The molecular formula is C20H23NO2. The topological polar surface area (TPSA) is 29.5 Å². The third-order valence-electron chi connectivity index (χ3n) is 4.42. The third kappa shape index (κ3) is 4.67. The number of benzene rings is 2. The lowest BCUT2D eigenvalue weighted by molar-refractivity contribution is 0.0369. The van der Waals surface area contributed by atoms with Crippen LogP contribution in [0.2, 0.25) is 0 Å². The van der Waals surface area contributed by atoms with Crippen molar-refractivity contribution in [2.45, 2.75) is 19.4 Å². The summed E-state index contributed by atoms with van der Waals surface area (Å²) in [6, 6.07) is 19.8. The number of carbonyl (C=O) groups excluding carboxylic acids is 1. The van der Waals surface area contributed by atoms with E-state index in [4.69, 9.17) is 4.74 Å². The van der Waals surface area contributed by atoms with E-state index < -0.39 is 0 Å². The van der Waals surface area contributed by atoms with Crippen LogP contribution < -0.4 is 0 Å². The van der Waals surface area contributed by atoms with Crippen LogP contribution in [0.5, 0.6) is 0 Å². The normalized spacial score (nSPS) is 16.2. The average molecular weight is 309 g/mol. The molecule has 0 atom stereocenters. The lowest BCUT2D eigenvalue weighted by Crippen LogP contribution is -2.34. The molecule has 23 heavy (non-hydrogen) atoms. The Hall–Kier alpha value is -2.13. The van der Waals surface area contributed by atoms with Gasteiger partial charge in [0.05, 0.1) is 12.2 Å². The fourth-order valence-corrected chi connectivity index (χ4v) is 3.00. The van der Waals surface area contributed by atoms with E-state index in [2.05, 4.69) is 35.2 Å². The van der Waals surface area contributed by atoms with Crippen LogP contribution in [0.1, 0.15) is 28.8 Å². The first-order valence-electron chi connectivity index (χ1n) is 8.30. The van der Waals surface area contributed by atoms with Gasteiger partial charge in [-0.15, -0.1) is 0 Å². The average Bonchev–Trinajstić information content (AvgIpc) is 2.62. The molecule has 2 aromatic carbocycles. The van der Waals surface area contributed by atoms with Crippen LogP contribution in [0.25, 0.3) is 0 Å². The molecule has 1 aliphatic heterocycles. The summed E-state index contributed by atoms with van der Waals surface area (Å²) >= 11 is 0. The predicted octanol–water partition coefficient (Wildman–Crippen LogP) is 3.76. The van der Waals surface area contributed by atoms with Gasteiger partial charge in [-0.2, -0.15) is 0 Å².